The predicted molar refractivity (Wildman–Crippen MR) is 113 cm³/mol. The van der Waals surface area contributed by atoms with Crippen molar-refractivity contribution in [1.82, 2.24) is 28.9 Å². The Labute approximate surface area is 192 Å². The number of fused-ring (bicyclic) bond motifs is 1. The lowest BCUT2D eigenvalue weighted by Crippen LogP contribution is -2.26. The smallest absolute Gasteiger partial charge is 0.321 e. The number of hydrogen-bond donors (Lipinski definition) is 0. The Morgan fingerprint density at radius 2 is 1.71 bits per heavy atom. The third-order valence-corrected chi connectivity index (χ3v) is 5.99. The van der Waals surface area contributed by atoms with Crippen molar-refractivity contribution in [2.24, 2.45) is 14.1 Å². The molecule has 0 aliphatic rings. The molecule has 180 valence electrons. The molecular weight excluding hydrogens is 486 g/mol. The fraction of sp³-hybridized carbons (Fsp3) is 0.300. The zero-order valence-corrected chi connectivity index (χ0v) is 18.7. The first-order chi connectivity index (χ1) is 15.8. The van der Waals surface area contributed by atoms with Gasteiger partial charge in [0.05, 0.1) is 29.2 Å². The van der Waals surface area contributed by atoms with Gasteiger partial charge in [-0.15, -0.1) is 11.8 Å². The minimum atomic E-state index is -4.75. The molecule has 0 aliphatic carbocycles. The van der Waals surface area contributed by atoms with Crippen LogP contribution in [0.25, 0.3) is 28.2 Å². The minimum Gasteiger partial charge on any atom is -0.321 e. The molecule has 0 fully saturated rings. The lowest BCUT2D eigenvalue weighted by molar-refractivity contribution is -0.143. The molecule has 0 amide bonds. The van der Waals surface area contributed by atoms with Crippen LogP contribution in [0.15, 0.2) is 40.4 Å². The van der Waals surface area contributed by atoms with Crippen molar-refractivity contribution in [3.05, 3.63) is 52.3 Å². The van der Waals surface area contributed by atoms with Crippen LogP contribution in [0, 0.1) is 0 Å². The number of aryl methyl sites for hydroxylation is 1. The van der Waals surface area contributed by atoms with Crippen LogP contribution in [0.2, 0.25) is 0 Å². The number of aromatic nitrogens is 6. The summed E-state index contributed by atoms with van der Waals surface area (Å²) in [5.74, 6) is 0.708. The number of imidazole rings is 1. The van der Waals surface area contributed by atoms with Gasteiger partial charge in [-0.1, -0.05) is 6.92 Å². The summed E-state index contributed by atoms with van der Waals surface area (Å²) in [7, 11) is 2.51. The predicted octanol–water partition coefficient (Wildman–Crippen LogP) is 4.67. The summed E-state index contributed by atoms with van der Waals surface area (Å²) >= 11 is 1.31. The maximum atomic E-state index is 13.3. The van der Waals surface area contributed by atoms with Crippen molar-refractivity contribution >= 4 is 22.8 Å². The second-order valence-electron chi connectivity index (χ2n) is 7.26. The van der Waals surface area contributed by atoms with E-state index in [-0.39, 0.29) is 28.2 Å². The summed E-state index contributed by atoms with van der Waals surface area (Å²) in [5, 5.41) is 3.74. The number of rotatable bonds is 4. The van der Waals surface area contributed by atoms with Crippen molar-refractivity contribution in [3.8, 4) is 17.2 Å². The van der Waals surface area contributed by atoms with E-state index in [4.69, 9.17) is 0 Å². The fourth-order valence-corrected chi connectivity index (χ4v) is 4.25. The number of pyridine rings is 2. The Hall–Kier alpha value is -3.29. The van der Waals surface area contributed by atoms with E-state index in [1.165, 1.54) is 29.6 Å². The quantitative estimate of drug-likeness (QED) is 0.300. The number of nitrogens with zero attached hydrogens (tertiary/aromatic N) is 6. The van der Waals surface area contributed by atoms with E-state index in [1.807, 2.05) is 6.92 Å². The van der Waals surface area contributed by atoms with Gasteiger partial charge in [-0.25, -0.2) is 14.6 Å². The lowest BCUT2D eigenvalue weighted by Gasteiger charge is -2.12. The third kappa shape index (κ3) is 4.06. The Kier molecular flexibility index (Phi) is 5.74. The topological polar surface area (TPSA) is 70.5 Å². The van der Waals surface area contributed by atoms with Gasteiger partial charge in [-0.3, -0.25) is 4.79 Å². The van der Waals surface area contributed by atoms with Crippen molar-refractivity contribution in [3.63, 3.8) is 0 Å². The lowest BCUT2D eigenvalue weighted by atomic mass is 10.3. The molecule has 0 saturated heterocycles. The van der Waals surface area contributed by atoms with E-state index < -0.39 is 29.2 Å². The van der Waals surface area contributed by atoms with Crippen LogP contribution >= 0.6 is 11.8 Å². The standard InChI is InChI=1S/C20H16F6N6OS/c1-4-34-13-5-11(32-9-10(7-28-32)19(21,22)23)8-27-15(13)17-29-12-6-14(20(24,25)26)30(2)18(33)16(12)31(17)3/h5-9H,4H2,1-3H3. The molecule has 0 N–H and O–H groups in total. The van der Waals surface area contributed by atoms with Gasteiger partial charge < -0.3 is 9.13 Å². The highest BCUT2D eigenvalue weighted by atomic mass is 32.2. The molecule has 4 aromatic rings. The molecule has 4 rings (SSSR count). The summed E-state index contributed by atoms with van der Waals surface area (Å²) in [4.78, 5) is 21.7. The van der Waals surface area contributed by atoms with E-state index in [0.717, 1.165) is 24.0 Å². The average Bonchev–Trinajstić information content (AvgIpc) is 3.36. The van der Waals surface area contributed by atoms with Crippen LogP contribution in [0.3, 0.4) is 0 Å². The second kappa shape index (κ2) is 8.18. The first kappa shape index (κ1) is 23.9. The summed E-state index contributed by atoms with van der Waals surface area (Å²) < 4.78 is 81.7. The average molecular weight is 502 g/mol. The highest BCUT2D eigenvalue weighted by Crippen LogP contribution is 2.34. The Morgan fingerprint density at radius 1 is 1.00 bits per heavy atom. The Bertz CT molecular complexity index is 1450. The van der Waals surface area contributed by atoms with Gasteiger partial charge in [0.2, 0.25) is 0 Å². The summed E-state index contributed by atoms with van der Waals surface area (Å²) in [6.45, 7) is 1.84. The van der Waals surface area contributed by atoms with Gasteiger partial charge in [-0.05, 0) is 17.9 Å². The van der Waals surface area contributed by atoms with Crippen molar-refractivity contribution in [2.45, 2.75) is 24.2 Å². The van der Waals surface area contributed by atoms with E-state index in [1.54, 1.807) is 6.07 Å². The molecule has 0 saturated carbocycles. The van der Waals surface area contributed by atoms with E-state index in [2.05, 4.69) is 15.1 Å². The van der Waals surface area contributed by atoms with Crippen molar-refractivity contribution < 1.29 is 26.3 Å². The van der Waals surface area contributed by atoms with Gasteiger partial charge in [0.1, 0.15) is 16.9 Å². The van der Waals surface area contributed by atoms with Crippen LogP contribution in [0.1, 0.15) is 18.2 Å². The number of alkyl halides is 6. The minimum absolute atomic E-state index is 0.0364. The second-order valence-corrected chi connectivity index (χ2v) is 8.57. The van der Waals surface area contributed by atoms with Crippen molar-refractivity contribution in [1.29, 1.82) is 0 Å². The molecule has 7 nitrogen and oxygen atoms in total. The molecular formula is C20H16F6N6OS. The highest BCUT2D eigenvalue weighted by molar-refractivity contribution is 7.99. The number of hydrogen-bond acceptors (Lipinski definition) is 5. The van der Waals surface area contributed by atoms with E-state index in [9.17, 15) is 31.1 Å². The SMILES string of the molecule is CCSc1cc(-n2cc(C(F)(F)F)cn2)cnc1-c1nc2cc(C(F)(F)F)n(C)c(=O)c2n1C. The maximum Gasteiger partial charge on any atom is 0.431 e. The van der Waals surface area contributed by atoms with Crippen LogP contribution in [0.4, 0.5) is 26.3 Å². The zero-order chi connectivity index (χ0) is 25.0. The van der Waals surface area contributed by atoms with Gasteiger partial charge in [0.15, 0.2) is 5.82 Å². The Balaban J connectivity index is 1.88. The van der Waals surface area contributed by atoms with Crippen molar-refractivity contribution in [2.75, 3.05) is 5.75 Å². The summed E-state index contributed by atoms with van der Waals surface area (Å²) in [6, 6.07) is 2.35. The van der Waals surface area contributed by atoms with Gasteiger partial charge in [-0.2, -0.15) is 31.4 Å². The van der Waals surface area contributed by atoms with Crippen LogP contribution in [-0.4, -0.2) is 34.6 Å². The molecule has 0 bridgehead atoms. The number of halogens is 6. The van der Waals surface area contributed by atoms with E-state index >= 15 is 0 Å². The first-order valence-corrected chi connectivity index (χ1v) is 10.7. The van der Waals surface area contributed by atoms with E-state index in [0.29, 0.717) is 21.4 Å². The molecule has 4 aromatic heterocycles. The van der Waals surface area contributed by atoms with Gasteiger partial charge in [0, 0.05) is 25.2 Å². The maximum absolute atomic E-state index is 13.3. The van der Waals surface area contributed by atoms with Crippen LogP contribution < -0.4 is 5.56 Å². The summed E-state index contributed by atoms with van der Waals surface area (Å²) in [6.07, 6.45) is -6.50. The molecule has 34 heavy (non-hydrogen) atoms. The molecule has 14 heteroatoms. The molecule has 4 heterocycles. The monoisotopic (exact) mass is 502 g/mol. The molecule has 0 aromatic carbocycles. The highest BCUT2D eigenvalue weighted by Gasteiger charge is 2.35. The van der Waals surface area contributed by atoms with Crippen LogP contribution in [0.5, 0.6) is 0 Å². The molecule has 0 atom stereocenters. The number of thioether (sulfide) groups is 1. The van der Waals surface area contributed by atoms with Gasteiger partial charge in [0.25, 0.3) is 5.56 Å². The molecule has 0 aliphatic heterocycles. The Morgan fingerprint density at radius 3 is 2.29 bits per heavy atom. The summed E-state index contributed by atoms with van der Waals surface area (Å²) in [5.41, 5.74) is -2.59. The molecule has 0 radical (unpaired) electrons. The molecule has 0 unspecified atom stereocenters. The first-order valence-electron chi connectivity index (χ1n) is 9.72. The largest absolute Gasteiger partial charge is 0.431 e. The normalized spacial score (nSPS) is 12.6. The third-order valence-electron chi connectivity index (χ3n) is 5.08. The van der Waals surface area contributed by atoms with Crippen LogP contribution in [-0.2, 0) is 26.4 Å². The molecule has 0 spiro atoms. The zero-order valence-electron chi connectivity index (χ0n) is 17.9. The fourth-order valence-electron chi connectivity index (χ4n) is 3.46. The van der Waals surface area contributed by atoms with Gasteiger partial charge >= 0.3 is 12.4 Å².